The number of nitrogens with one attached hydrogen (secondary N) is 1. The molecule has 19 heavy (non-hydrogen) atoms. The maximum absolute atomic E-state index is 3.87. The molecular formula is C18H27N. The van der Waals surface area contributed by atoms with Gasteiger partial charge in [0, 0.05) is 12.1 Å². The fraction of sp³-hybridized carbons (Fsp3) is 0.667. The van der Waals surface area contributed by atoms with Gasteiger partial charge in [-0.05, 0) is 56.9 Å². The van der Waals surface area contributed by atoms with Crippen LogP contribution in [0, 0.1) is 12.8 Å². The SMILES string of the molecule is Cc1ccc(C2CC(N[C@@H](C)C3CCCC3)C2)cc1. The van der Waals surface area contributed by atoms with Crippen LogP contribution in [0.25, 0.3) is 0 Å². The minimum Gasteiger partial charge on any atom is -0.311 e. The lowest BCUT2D eigenvalue weighted by Gasteiger charge is -2.39. The number of aryl methyl sites for hydroxylation is 1. The van der Waals surface area contributed by atoms with Crippen LogP contribution in [-0.4, -0.2) is 12.1 Å². The summed E-state index contributed by atoms with van der Waals surface area (Å²) in [4.78, 5) is 0. The summed E-state index contributed by atoms with van der Waals surface area (Å²) < 4.78 is 0. The highest BCUT2D eigenvalue weighted by Crippen LogP contribution is 2.38. The first-order valence-electron chi connectivity index (χ1n) is 8.05. The smallest absolute Gasteiger partial charge is 0.00813 e. The van der Waals surface area contributed by atoms with Gasteiger partial charge in [-0.1, -0.05) is 42.7 Å². The van der Waals surface area contributed by atoms with E-state index in [0.717, 1.165) is 23.9 Å². The van der Waals surface area contributed by atoms with Crippen molar-refractivity contribution in [3.8, 4) is 0 Å². The van der Waals surface area contributed by atoms with Crippen LogP contribution < -0.4 is 5.32 Å². The molecule has 1 N–H and O–H groups in total. The van der Waals surface area contributed by atoms with Crippen molar-refractivity contribution in [3.05, 3.63) is 35.4 Å². The van der Waals surface area contributed by atoms with E-state index in [0.29, 0.717) is 0 Å². The molecule has 0 bridgehead atoms. The van der Waals surface area contributed by atoms with Gasteiger partial charge in [0.2, 0.25) is 0 Å². The summed E-state index contributed by atoms with van der Waals surface area (Å²) in [5.74, 6) is 1.74. The van der Waals surface area contributed by atoms with Crippen molar-refractivity contribution < 1.29 is 0 Å². The Bertz CT molecular complexity index is 396. The summed E-state index contributed by atoms with van der Waals surface area (Å²) in [6.07, 6.45) is 8.46. The van der Waals surface area contributed by atoms with E-state index in [1.807, 2.05) is 0 Å². The highest BCUT2D eigenvalue weighted by Gasteiger charge is 2.32. The molecule has 2 aliphatic carbocycles. The van der Waals surface area contributed by atoms with Crippen LogP contribution in [0.4, 0.5) is 0 Å². The normalized spacial score (nSPS) is 29.2. The monoisotopic (exact) mass is 257 g/mol. The summed E-state index contributed by atoms with van der Waals surface area (Å²) in [5.41, 5.74) is 2.91. The predicted molar refractivity (Wildman–Crippen MR) is 81.5 cm³/mol. The Morgan fingerprint density at radius 3 is 2.32 bits per heavy atom. The fourth-order valence-corrected chi connectivity index (χ4v) is 3.83. The van der Waals surface area contributed by atoms with Gasteiger partial charge in [-0.15, -0.1) is 0 Å². The first-order chi connectivity index (χ1) is 9.22. The number of benzene rings is 1. The van der Waals surface area contributed by atoms with E-state index in [4.69, 9.17) is 0 Å². The van der Waals surface area contributed by atoms with Crippen molar-refractivity contribution in [3.63, 3.8) is 0 Å². The Balaban J connectivity index is 1.46. The van der Waals surface area contributed by atoms with Crippen LogP contribution in [0.1, 0.15) is 62.5 Å². The van der Waals surface area contributed by atoms with Crippen molar-refractivity contribution in [2.45, 2.75) is 70.4 Å². The molecule has 0 heterocycles. The van der Waals surface area contributed by atoms with Crippen molar-refractivity contribution in [1.29, 1.82) is 0 Å². The second-order valence-corrected chi connectivity index (χ2v) is 6.78. The van der Waals surface area contributed by atoms with E-state index in [1.165, 1.54) is 49.7 Å². The van der Waals surface area contributed by atoms with Crippen molar-refractivity contribution >= 4 is 0 Å². The van der Waals surface area contributed by atoms with Crippen LogP contribution in [-0.2, 0) is 0 Å². The summed E-state index contributed by atoms with van der Waals surface area (Å²) in [6.45, 7) is 4.56. The van der Waals surface area contributed by atoms with E-state index in [1.54, 1.807) is 0 Å². The zero-order valence-electron chi connectivity index (χ0n) is 12.4. The lowest BCUT2D eigenvalue weighted by molar-refractivity contribution is 0.239. The van der Waals surface area contributed by atoms with Gasteiger partial charge in [-0.3, -0.25) is 0 Å². The molecule has 0 spiro atoms. The van der Waals surface area contributed by atoms with Crippen molar-refractivity contribution in [2.75, 3.05) is 0 Å². The first kappa shape index (κ1) is 13.2. The Kier molecular flexibility index (Phi) is 3.93. The van der Waals surface area contributed by atoms with E-state index >= 15 is 0 Å². The third kappa shape index (κ3) is 3.02. The van der Waals surface area contributed by atoms with Gasteiger partial charge in [-0.2, -0.15) is 0 Å². The molecule has 1 heteroatoms. The molecule has 1 aromatic carbocycles. The van der Waals surface area contributed by atoms with Crippen LogP contribution in [0.5, 0.6) is 0 Å². The van der Waals surface area contributed by atoms with Crippen LogP contribution in [0.3, 0.4) is 0 Å². The summed E-state index contributed by atoms with van der Waals surface area (Å²) in [6, 6.07) is 10.6. The minimum atomic E-state index is 0.728. The predicted octanol–water partition coefficient (Wildman–Crippen LogP) is 4.41. The molecule has 2 fully saturated rings. The molecule has 2 aliphatic rings. The summed E-state index contributed by atoms with van der Waals surface area (Å²) in [7, 11) is 0. The lowest BCUT2D eigenvalue weighted by atomic mass is 9.75. The second-order valence-electron chi connectivity index (χ2n) is 6.78. The quantitative estimate of drug-likeness (QED) is 0.842. The maximum Gasteiger partial charge on any atom is 0.00813 e. The van der Waals surface area contributed by atoms with Crippen LogP contribution >= 0.6 is 0 Å². The van der Waals surface area contributed by atoms with Gasteiger partial charge in [0.15, 0.2) is 0 Å². The molecule has 1 aromatic rings. The topological polar surface area (TPSA) is 12.0 Å². The molecule has 104 valence electrons. The first-order valence-corrected chi connectivity index (χ1v) is 8.05. The average Bonchev–Trinajstić information content (AvgIpc) is 2.88. The third-order valence-electron chi connectivity index (χ3n) is 5.29. The van der Waals surface area contributed by atoms with Crippen LogP contribution in [0.15, 0.2) is 24.3 Å². The number of rotatable bonds is 4. The van der Waals surface area contributed by atoms with E-state index in [-0.39, 0.29) is 0 Å². The van der Waals surface area contributed by atoms with Gasteiger partial charge in [0.05, 0.1) is 0 Å². The molecule has 0 unspecified atom stereocenters. The van der Waals surface area contributed by atoms with Crippen molar-refractivity contribution in [2.24, 2.45) is 5.92 Å². The summed E-state index contributed by atoms with van der Waals surface area (Å²) in [5, 5.41) is 3.87. The standard InChI is InChI=1S/C18H27N/c1-13-7-9-16(10-8-13)17-11-18(12-17)19-14(2)15-5-3-4-6-15/h7-10,14-15,17-19H,3-6,11-12H2,1-2H3/t14-,17?,18?/m0/s1. The fourth-order valence-electron chi connectivity index (χ4n) is 3.83. The van der Waals surface area contributed by atoms with Gasteiger partial charge in [0.1, 0.15) is 0 Å². The Hall–Kier alpha value is -0.820. The molecule has 1 nitrogen and oxygen atoms in total. The second kappa shape index (κ2) is 5.66. The highest BCUT2D eigenvalue weighted by molar-refractivity contribution is 5.26. The van der Waals surface area contributed by atoms with E-state index < -0.39 is 0 Å². The zero-order valence-corrected chi connectivity index (χ0v) is 12.4. The van der Waals surface area contributed by atoms with Gasteiger partial charge in [-0.25, -0.2) is 0 Å². The molecule has 0 aliphatic heterocycles. The maximum atomic E-state index is 3.87. The van der Waals surface area contributed by atoms with Gasteiger partial charge < -0.3 is 5.32 Å². The zero-order chi connectivity index (χ0) is 13.2. The molecule has 2 saturated carbocycles. The number of hydrogen-bond donors (Lipinski definition) is 1. The van der Waals surface area contributed by atoms with Gasteiger partial charge >= 0.3 is 0 Å². The van der Waals surface area contributed by atoms with E-state index in [9.17, 15) is 0 Å². The minimum absolute atomic E-state index is 0.728. The Morgan fingerprint density at radius 2 is 1.68 bits per heavy atom. The highest BCUT2D eigenvalue weighted by atomic mass is 15.0. The molecule has 1 atom stereocenters. The van der Waals surface area contributed by atoms with Gasteiger partial charge in [0.25, 0.3) is 0 Å². The lowest BCUT2D eigenvalue weighted by Crippen LogP contribution is -2.46. The molecular weight excluding hydrogens is 230 g/mol. The molecule has 0 saturated heterocycles. The molecule has 3 rings (SSSR count). The van der Waals surface area contributed by atoms with Crippen molar-refractivity contribution in [1.82, 2.24) is 5.32 Å². The average molecular weight is 257 g/mol. The molecule has 0 amide bonds. The third-order valence-corrected chi connectivity index (χ3v) is 5.29. The van der Waals surface area contributed by atoms with Crippen LogP contribution in [0.2, 0.25) is 0 Å². The molecule has 0 radical (unpaired) electrons. The molecule has 0 aromatic heterocycles. The summed E-state index contributed by atoms with van der Waals surface area (Å²) >= 11 is 0. The largest absolute Gasteiger partial charge is 0.311 e. The van der Waals surface area contributed by atoms with E-state index in [2.05, 4.69) is 43.4 Å². The number of hydrogen-bond acceptors (Lipinski definition) is 1. The Labute approximate surface area is 117 Å². The Morgan fingerprint density at radius 1 is 1.05 bits per heavy atom.